The van der Waals surface area contributed by atoms with E-state index in [0.29, 0.717) is 12.0 Å². The smallest absolute Gasteiger partial charge is 0.282 e. The summed E-state index contributed by atoms with van der Waals surface area (Å²) in [7, 11) is -9.16. The Labute approximate surface area is 186 Å². The van der Waals surface area contributed by atoms with Crippen LogP contribution in [-0.2, 0) is 24.4 Å². The van der Waals surface area contributed by atoms with Crippen LogP contribution < -0.4 is 0 Å². The van der Waals surface area contributed by atoms with Crippen molar-refractivity contribution in [3.63, 3.8) is 0 Å². The van der Waals surface area contributed by atoms with E-state index < -0.39 is 30.0 Å². The summed E-state index contributed by atoms with van der Waals surface area (Å²) in [6.45, 7) is 2.15. The molecule has 2 rings (SSSR count). The van der Waals surface area contributed by atoms with Crippen LogP contribution in [0.3, 0.4) is 0 Å². The first-order valence-electron chi connectivity index (χ1n) is 10.8. The highest BCUT2D eigenvalue weighted by Crippen LogP contribution is 2.33. The van der Waals surface area contributed by atoms with E-state index in [-0.39, 0.29) is 12.2 Å². The minimum absolute atomic E-state index is 0.0355. The molecule has 0 aliphatic carbocycles. The van der Waals surface area contributed by atoms with Gasteiger partial charge in [0, 0.05) is 5.56 Å². The number of rotatable bonds is 14. The Bertz CT molecular complexity index is 1020. The van der Waals surface area contributed by atoms with Crippen molar-refractivity contribution in [3.8, 4) is 11.1 Å². The SMILES string of the molecule is CCCCCCCCCCCOS(=O)(=O)c1c(-c2ccccc2)cccc1S(=O)(=O)O. The first kappa shape index (κ1) is 25.5. The fourth-order valence-electron chi connectivity index (χ4n) is 3.46. The first-order valence-corrected chi connectivity index (χ1v) is 13.7. The summed E-state index contributed by atoms with van der Waals surface area (Å²) in [6.07, 6.45) is 9.67. The van der Waals surface area contributed by atoms with Gasteiger partial charge in [0.1, 0.15) is 9.79 Å². The van der Waals surface area contributed by atoms with Gasteiger partial charge in [-0.2, -0.15) is 16.8 Å². The Morgan fingerprint density at radius 1 is 0.742 bits per heavy atom. The fraction of sp³-hybridized carbons (Fsp3) is 0.478. The van der Waals surface area contributed by atoms with Crippen LogP contribution >= 0.6 is 0 Å². The van der Waals surface area contributed by atoms with Gasteiger partial charge in [-0.15, -0.1) is 0 Å². The monoisotopic (exact) mass is 468 g/mol. The maximum atomic E-state index is 12.9. The number of hydrogen-bond donors (Lipinski definition) is 1. The summed E-state index contributed by atoms with van der Waals surface area (Å²) in [5.74, 6) is 0. The summed E-state index contributed by atoms with van der Waals surface area (Å²) in [5.41, 5.74) is 0.682. The molecule has 0 radical (unpaired) electrons. The lowest BCUT2D eigenvalue weighted by molar-refractivity contribution is 0.305. The fourth-order valence-corrected chi connectivity index (χ4v) is 5.90. The lowest BCUT2D eigenvalue weighted by atomic mass is 10.1. The van der Waals surface area contributed by atoms with E-state index in [2.05, 4.69) is 6.92 Å². The van der Waals surface area contributed by atoms with E-state index in [0.717, 1.165) is 25.3 Å². The average molecular weight is 469 g/mol. The third-order valence-corrected chi connectivity index (χ3v) is 7.52. The molecule has 0 fully saturated rings. The Hall–Kier alpha value is -1.74. The van der Waals surface area contributed by atoms with Crippen molar-refractivity contribution in [1.82, 2.24) is 0 Å². The van der Waals surface area contributed by atoms with Gasteiger partial charge in [0.15, 0.2) is 0 Å². The highest BCUT2D eigenvalue weighted by Gasteiger charge is 2.29. The molecule has 2 aromatic rings. The molecule has 0 heterocycles. The number of hydrogen-bond acceptors (Lipinski definition) is 5. The van der Waals surface area contributed by atoms with Crippen LogP contribution in [-0.4, -0.2) is 28.0 Å². The molecule has 0 atom stereocenters. The molecule has 0 aliphatic heterocycles. The quantitative estimate of drug-likeness (QED) is 0.213. The molecule has 0 bridgehead atoms. The van der Waals surface area contributed by atoms with Crippen molar-refractivity contribution in [1.29, 1.82) is 0 Å². The number of benzene rings is 2. The normalized spacial score (nSPS) is 12.2. The molecule has 31 heavy (non-hydrogen) atoms. The van der Waals surface area contributed by atoms with Gasteiger partial charge >= 0.3 is 0 Å². The molecule has 0 aromatic heterocycles. The Kier molecular flexibility index (Phi) is 10.2. The second-order valence-corrected chi connectivity index (χ2v) is 10.5. The molecule has 0 aliphatic rings. The summed E-state index contributed by atoms with van der Waals surface area (Å²) >= 11 is 0. The molecule has 172 valence electrons. The molecule has 0 saturated heterocycles. The third-order valence-electron chi connectivity index (χ3n) is 5.08. The van der Waals surface area contributed by atoms with E-state index in [4.69, 9.17) is 4.18 Å². The van der Waals surface area contributed by atoms with Gasteiger partial charge in [-0.3, -0.25) is 8.74 Å². The second kappa shape index (κ2) is 12.3. The van der Waals surface area contributed by atoms with Crippen molar-refractivity contribution in [2.45, 2.75) is 74.5 Å². The minimum atomic E-state index is -4.76. The predicted molar refractivity (Wildman–Crippen MR) is 122 cm³/mol. The van der Waals surface area contributed by atoms with Crippen LogP contribution in [0.2, 0.25) is 0 Å². The lowest BCUT2D eigenvalue weighted by Crippen LogP contribution is -2.14. The molecular weight excluding hydrogens is 436 g/mol. The molecule has 0 spiro atoms. The summed E-state index contributed by atoms with van der Waals surface area (Å²) in [5, 5.41) is 0. The molecule has 2 aromatic carbocycles. The van der Waals surface area contributed by atoms with Crippen molar-refractivity contribution < 1.29 is 25.6 Å². The number of unbranched alkanes of at least 4 members (excludes halogenated alkanes) is 8. The van der Waals surface area contributed by atoms with E-state index in [1.165, 1.54) is 44.2 Å². The molecule has 0 amide bonds. The lowest BCUT2D eigenvalue weighted by Gasteiger charge is -2.14. The van der Waals surface area contributed by atoms with Gasteiger partial charge in [0.25, 0.3) is 20.2 Å². The zero-order chi connectivity index (χ0) is 22.7. The summed E-state index contributed by atoms with van der Waals surface area (Å²) in [6, 6.07) is 12.5. The van der Waals surface area contributed by atoms with Crippen molar-refractivity contribution >= 4 is 20.2 Å². The topological polar surface area (TPSA) is 97.7 Å². The molecule has 6 nitrogen and oxygen atoms in total. The highest BCUT2D eigenvalue weighted by atomic mass is 32.2. The standard InChI is InChI=1S/C23H32O6S2/c1-2-3-4-5-6-7-8-9-13-19-29-31(27,28)23-21(20-15-11-10-12-16-20)17-14-18-22(23)30(24,25)26/h10-12,14-18H,2-9,13,19H2,1H3,(H,24,25,26). The summed E-state index contributed by atoms with van der Waals surface area (Å²) in [4.78, 5) is -1.21. The van der Waals surface area contributed by atoms with Gasteiger partial charge in [-0.1, -0.05) is 101 Å². The Balaban J connectivity index is 2.06. The molecule has 8 heteroatoms. The Morgan fingerprint density at radius 3 is 1.90 bits per heavy atom. The second-order valence-electron chi connectivity index (χ2n) is 7.58. The van der Waals surface area contributed by atoms with E-state index >= 15 is 0 Å². The average Bonchev–Trinajstić information content (AvgIpc) is 2.74. The van der Waals surface area contributed by atoms with Gasteiger partial charge in [-0.05, 0) is 18.1 Å². The highest BCUT2D eigenvalue weighted by molar-refractivity contribution is 7.89. The predicted octanol–water partition coefficient (Wildman–Crippen LogP) is 5.84. The van der Waals surface area contributed by atoms with Crippen LogP contribution in [0.4, 0.5) is 0 Å². The maximum Gasteiger partial charge on any atom is 0.299 e. The molecular formula is C23H32O6S2. The zero-order valence-electron chi connectivity index (χ0n) is 18.0. The van der Waals surface area contributed by atoms with E-state index in [1.807, 2.05) is 0 Å². The van der Waals surface area contributed by atoms with E-state index in [9.17, 15) is 21.4 Å². The van der Waals surface area contributed by atoms with Gasteiger partial charge in [0.2, 0.25) is 0 Å². The molecule has 0 unspecified atom stereocenters. The van der Waals surface area contributed by atoms with Crippen molar-refractivity contribution in [3.05, 3.63) is 48.5 Å². The van der Waals surface area contributed by atoms with Crippen LogP contribution in [0.5, 0.6) is 0 Å². The third kappa shape index (κ3) is 8.03. The van der Waals surface area contributed by atoms with Gasteiger partial charge in [-0.25, -0.2) is 0 Å². The maximum absolute atomic E-state index is 12.9. The summed E-state index contributed by atoms with van der Waals surface area (Å²) < 4.78 is 64.4. The van der Waals surface area contributed by atoms with Gasteiger partial charge in [0.05, 0.1) is 6.61 Å². The largest absolute Gasteiger partial charge is 0.299 e. The molecule has 0 saturated carbocycles. The molecule has 1 N–H and O–H groups in total. The van der Waals surface area contributed by atoms with Crippen LogP contribution in [0.1, 0.15) is 64.7 Å². The van der Waals surface area contributed by atoms with Gasteiger partial charge < -0.3 is 0 Å². The zero-order valence-corrected chi connectivity index (χ0v) is 19.6. The Morgan fingerprint density at radius 2 is 1.32 bits per heavy atom. The van der Waals surface area contributed by atoms with E-state index in [1.54, 1.807) is 30.3 Å². The minimum Gasteiger partial charge on any atom is -0.282 e. The van der Waals surface area contributed by atoms with Crippen LogP contribution in [0.25, 0.3) is 11.1 Å². The first-order chi connectivity index (χ1) is 14.8. The van der Waals surface area contributed by atoms with Crippen molar-refractivity contribution in [2.75, 3.05) is 6.61 Å². The van der Waals surface area contributed by atoms with Crippen molar-refractivity contribution in [2.24, 2.45) is 0 Å². The van der Waals surface area contributed by atoms with Crippen LogP contribution in [0.15, 0.2) is 58.3 Å². The van der Waals surface area contributed by atoms with Crippen LogP contribution in [0, 0.1) is 0 Å².